The topological polar surface area (TPSA) is 63.4 Å². The summed E-state index contributed by atoms with van der Waals surface area (Å²) >= 11 is 0. The van der Waals surface area contributed by atoms with E-state index in [2.05, 4.69) is 6.92 Å². The molecule has 2 N–H and O–H groups in total. The molecule has 112 valence electrons. The highest BCUT2D eigenvalue weighted by Gasteiger charge is 2.31. The lowest BCUT2D eigenvalue weighted by Crippen LogP contribution is -2.39. The van der Waals surface area contributed by atoms with E-state index in [1.165, 1.54) is 6.42 Å². The molecule has 2 unspecified atom stereocenters. The standard InChI is InChI=1S/C15H24N2O2S/c1-11-5-4-6-13(9-11)17(3)20(18,19)14-7-8-15(16)12(2)10-14/h7-8,10-11,13H,4-6,9,16H2,1-3H3. The van der Waals surface area contributed by atoms with Gasteiger partial charge in [-0.05, 0) is 49.4 Å². The monoisotopic (exact) mass is 296 g/mol. The van der Waals surface area contributed by atoms with Crippen molar-refractivity contribution < 1.29 is 8.42 Å². The molecule has 0 radical (unpaired) electrons. The summed E-state index contributed by atoms with van der Waals surface area (Å²) in [6, 6.07) is 5.04. The third-order valence-corrected chi connectivity index (χ3v) is 6.25. The van der Waals surface area contributed by atoms with Crippen LogP contribution in [0.1, 0.15) is 38.2 Å². The van der Waals surface area contributed by atoms with Crippen LogP contribution in [-0.2, 0) is 10.0 Å². The second kappa shape index (κ2) is 5.74. The summed E-state index contributed by atoms with van der Waals surface area (Å²) in [4.78, 5) is 0.338. The van der Waals surface area contributed by atoms with Crippen molar-refractivity contribution in [3.05, 3.63) is 23.8 Å². The van der Waals surface area contributed by atoms with Gasteiger partial charge in [-0.1, -0.05) is 19.8 Å². The first kappa shape index (κ1) is 15.3. The zero-order chi connectivity index (χ0) is 14.9. The molecule has 2 atom stereocenters. The van der Waals surface area contributed by atoms with Crippen molar-refractivity contribution in [2.45, 2.75) is 50.5 Å². The van der Waals surface area contributed by atoms with Gasteiger partial charge in [0.2, 0.25) is 10.0 Å². The maximum absolute atomic E-state index is 12.7. The lowest BCUT2D eigenvalue weighted by molar-refractivity contribution is 0.239. The highest BCUT2D eigenvalue weighted by Crippen LogP contribution is 2.30. The van der Waals surface area contributed by atoms with Gasteiger partial charge in [-0.2, -0.15) is 4.31 Å². The number of benzene rings is 1. The van der Waals surface area contributed by atoms with Crippen molar-refractivity contribution in [1.82, 2.24) is 4.31 Å². The molecule has 0 amide bonds. The smallest absolute Gasteiger partial charge is 0.243 e. The Balaban J connectivity index is 2.26. The minimum atomic E-state index is -3.42. The van der Waals surface area contributed by atoms with E-state index in [0.717, 1.165) is 24.8 Å². The molecule has 0 aromatic heterocycles. The Kier molecular flexibility index (Phi) is 4.39. The van der Waals surface area contributed by atoms with Gasteiger partial charge in [0.15, 0.2) is 0 Å². The van der Waals surface area contributed by atoms with Gasteiger partial charge in [0.25, 0.3) is 0 Å². The van der Waals surface area contributed by atoms with Crippen molar-refractivity contribution in [2.24, 2.45) is 5.92 Å². The molecule has 1 aliphatic carbocycles. The molecule has 20 heavy (non-hydrogen) atoms. The van der Waals surface area contributed by atoms with Gasteiger partial charge in [0.1, 0.15) is 0 Å². The molecule has 1 aliphatic rings. The van der Waals surface area contributed by atoms with Crippen LogP contribution in [0.3, 0.4) is 0 Å². The third kappa shape index (κ3) is 2.99. The van der Waals surface area contributed by atoms with E-state index in [1.54, 1.807) is 29.6 Å². The second-order valence-corrected chi connectivity index (χ2v) is 7.96. The Labute approximate surface area is 122 Å². The molecule has 0 aliphatic heterocycles. The highest BCUT2D eigenvalue weighted by atomic mass is 32.2. The van der Waals surface area contributed by atoms with Gasteiger partial charge in [-0.3, -0.25) is 0 Å². The number of rotatable bonds is 3. The van der Waals surface area contributed by atoms with Crippen LogP contribution in [0.5, 0.6) is 0 Å². The molecule has 1 saturated carbocycles. The van der Waals surface area contributed by atoms with Crippen LogP contribution < -0.4 is 5.73 Å². The van der Waals surface area contributed by atoms with E-state index >= 15 is 0 Å². The van der Waals surface area contributed by atoms with Crippen LogP contribution in [0.15, 0.2) is 23.1 Å². The fourth-order valence-electron chi connectivity index (χ4n) is 2.90. The van der Waals surface area contributed by atoms with E-state index in [-0.39, 0.29) is 6.04 Å². The maximum Gasteiger partial charge on any atom is 0.243 e. The molecular formula is C15H24N2O2S. The average molecular weight is 296 g/mol. The van der Waals surface area contributed by atoms with Gasteiger partial charge in [-0.25, -0.2) is 8.42 Å². The quantitative estimate of drug-likeness (QED) is 0.872. The lowest BCUT2D eigenvalue weighted by atomic mass is 9.87. The van der Waals surface area contributed by atoms with Crippen LogP contribution in [0, 0.1) is 12.8 Å². The third-order valence-electron chi connectivity index (χ3n) is 4.34. The molecule has 1 aromatic rings. The van der Waals surface area contributed by atoms with E-state index in [1.807, 2.05) is 6.92 Å². The predicted octanol–water partition coefficient (Wildman–Crippen LogP) is 2.78. The fraction of sp³-hybridized carbons (Fsp3) is 0.600. The van der Waals surface area contributed by atoms with Gasteiger partial charge in [0, 0.05) is 18.8 Å². The zero-order valence-electron chi connectivity index (χ0n) is 12.5. The van der Waals surface area contributed by atoms with Crippen molar-refractivity contribution in [3.63, 3.8) is 0 Å². The molecule has 2 rings (SSSR count). The van der Waals surface area contributed by atoms with E-state index in [9.17, 15) is 8.42 Å². The van der Waals surface area contributed by atoms with Gasteiger partial charge in [0.05, 0.1) is 4.90 Å². The number of nitrogens with two attached hydrogens (primary N) is 1. The number of hydrogen-bond acceptors (Lipinski definition) is 3. The van der Waals surface area contributed by atoms with Crippen molar-refractivity contribution >= 4 is 15.7 Å². The van der Waals surface area contributed by atoms with E-state index in [0.29, 0.717) is 16.5 Å². The van der Waals surface area contributed by atoms with E-state index < -0.39 is 10.0 Å². The molecule has 0 heterocycles. The van der Waals surface area contributed by atoms with Gasteiger partial charge in [-0.15, -0.1) is 0 Å². The van der Waals surface area contributed by atoms with Crippen LogP contribution in [-0.4, -0.2) is 25.8 Å². The van der Waals surface area contributed by atoms with Crippen LogP contribution >= 0.6 is 0 Å². The summed E-state index contributed by atoms with van der Waals surface area (Å²) in [6.45, 7) is 4.02. The second-order valence-electron chi connectivity index (χ2n) is 5.97. The summed E-state index contributed by atoms with van der Waals surface area (Å²) < 4.78 is 26.9. The molecular weight excluding hydrogens is 272 g/mol. The minimum absolute atomic E-state index is 0.113. The van der Waals surface area contributed by atoms with Crippen molar-refractivity contribution in [1.29, 1.82) is 0 Å². The zero-order valence-corrected chi connectivity index (χ0v) is 13.3. The first-order valence-electron chi connectivity index (χ1n) is 7.16. The number of anilines is 1. The van der Waals surface area contributed by atoms with E-state index in [4.69, 9.17) is 5.73 Å². The number of sulfonamides is 1. The molecule has 0 bridgehead atoms. The SMILES string of the molecule is Cc1cc(S(=O)(=O)N(C)C2CCCC(C)C2)ccc1N. The minimum Gasteiger partial charge on any atom is -0.399 e. The summed E-state index contributed by atoms with van der Waals surface area (Å²) in [7, 11) is -1.73. The molecule has 1 aromatic carbocycles. The summed E-state index contributed by atoms with van der Waals surface area (Å²) in [5, 5.41) is 0. The highest BCUT2D eigenvalue weighted by molar-refractivity contribution is 7.89. The van der Waals surface area contributed by atoms with Crippen LogP contribution in [0.2, 0.25) is 0 Å². The van der Waals surface area contributed by atoms with Gasteiger partial charge < -0.3 is 5.73 Å². The molecule has 5 heteroatoms. The molecule has 1 fully saturated rings. The lowest BCUT2D eigenvalue weighted by Gasteiger charge is -2.33. The summed E-state index contributed by atoms with van der Waals surface area (Å²) in [5.74, 6) is 0.597. The average Bonchev–Trinajstić information content (AvgIpc) is 2.40. The predicted molar refractivity (Wildman–Crippen MR) is 82.0 cm³/mol. The summed E-state index contributed by atoms with van der Waals surface area (Å²) in [6.07, 6.45) is 4.20. The Morgan fingerprint density at radius 3 is 2.60 bits per heavy atom. The number of hydrogen-bond donors (Lipinski definition) is 1. The summed E-state index contributed by atoms with van der Waals surface area (Å²) in [5.41, 5.74) is 7.19. The molecule has 0 saturated heterocycles. The first-order valence-corrected chi connectivity index (χ1v) is 8.60. The Morgan fingerprint density at radius 2 is 2.00 bits per heavy atom. The number of nitrogens with zero attached hydrogens (tertiary/aromatic N) is 1. The molecule has 0 spiro atoms. The fourth-order valence-corrected chi connectivity index (χ4v) is 4.39. The molecule has 4 nitrogen and oxygen atoms in total. The van der Waals surface area contributed by atoms with Crippen LogP contribution in [0.4, 0.5) is 5.69 Å². The largest absolute Gasteiger partial charge is 0.399 e. The van der Waals surface area contributed by atoms with Crippen molar-refractivity contribution in [3.8, 4) is 0 Å². The van der Waals surface area contributed by atoms with Gasteiger partial charge >= 0.3 is 0 Å². The Bertz CT molecular complexity index is 584. The number of nitrogen functional groups attached to an aromatic ring is 1. The maximum atomic E-state index is 12.7. The number of aryl methyl sites for hydroxylation is 1. The Hall–Kier alpha value is -1.07. The first-order chi connectivity index (χ1) is 9.32. The Morgan fingerprint density at radius 1 is 1.30 bits per heavy atom. The normalized spacial score (nSPS) is 24.0. The van der Waals surface area contributed by atoms with Crippen molar-refractivity contribution in [2.75, 3.05) is 12.8 Å². The van der Waals surface area contributed by atoms with Crippen LogP contribution in [0.25, 0.3) is 0 Å².